The number of para-hydroxylation sites is 1. The van der Waals surface area contributed by atoms with Crippen molar-refractivity contribution in [3.63, 3.8) is 0 Å². The van der Waals surface area contributed by atoms with Gasteiger partial charge in [-0.05, 0) is 47.2 Å². The summed E-state index contributed by atoms with van der Waals surface area (Å²) in [6.45, 7) is 2.08. The summed E-state index contributed by atoms with van der Waals surface area (Å²) in [6.07, 6.45) is 0. The lowest BCUT2D eigenvalue weighted by molar-refractivity contribution is 0.293. The van der Waals surface area contributed by atoms with Crippen molar-refractivity contribution < 1.29 is 13.9 Å². The first-order chi connectivity index (χ1) is 15.0. The van der Waals surface area contributed by atoms with E-state index in [1.165, 1.54) is 24.9 Å². The van der Waals surface area contributed by atoms with Crippen molar-refractivity contribution in [3.05, 3.63) is 82.0 Å². The Labute approximate surface area is 177 Å². The average molecular weight is 421 g/mol. The van der Waals surface area contributed by atoms with Crippen LogP contribution in [0.5, 0.6) is 11.6 Å². The van der Waals surface area contributed by atoms with Gasteiger partial charge in [0, 0.05) is 24.2 Å². The summed E-state index contributed by atoms with van der Waals surface area (Å²) < 4.78 is 27.6. The SMILES string of the molecule is COc1c(F)cccc1-c1cccc(OCc2c(C)cccc2-n2nnn(C)c2=O)n1. The van der Waals surface area contributed by atoms with Crippen LogP contribution in [-0.2, 0) is 13.7 Å². The Kier molecular flexibility index (Phi) is 5.48. The molecule has 0 spiro atoms. The van der Waals surface area contributed by atoms with E-state index in [-0.39, 0.29) is 18.0 Å². The number of hydrogen-bond donors (Lipinski definition) is 0. The molecule has 9 heteroatoms. The summed E-state index contributed by atoms with van der Waals surface area (Å²) in [7, 11) is 2.95. The molecule has 2 aromatic carbocycles. The molecule has 0 unspecified atom stereocenters. The molecule has 0 aliphatic rings. The number of aryl methyl sites for hydroxylation is 2. The third kappa shape index (κ3) is 3.89. The highest BCUT2D eigenvalue weighted by Crippen LogP contribution is 2.32. The van der Waals surface area contributed by atoms with Gasteiger partial charge in [0.1, 0.15) is 6.61 Å². The van der Waals surface area contributed by atoms with E-state index in [1.807, 2.05) is 19.1 Å². The predicted octanol–water partition coefficient (Wildman–Crippen LogP) is 3.06. The molecule has 4 aromatic rings. The lowest BCUT2D eigenvalue weighted by Gasteiger charge is -2.13. The van der Waals surface area contributed by atoms with E-state index >= 15 is 0 Å². The number of methoxy groups -OCH3 is 1. The van der Waals surface area contributed by atoms with E-state index in [9.17, 15) is 9.18 Å². The van der Waals surface area contributed by atoms with Gasteiger partial charge in [-0.1, -0.05) is 24.3 Å². The van der Waals surface area contributed by atoms with Gasteiger partial charge in [-0.3, -0.25) is 0 Å². The van der Waals surface area contributed by atoms with Gasteiger partial charge in [0.05, 0.1) is 18.5 Å². The van der Waals surface area contributed by atoms with Crippen LogP contribution in [0.2, 0.25) is 0 Å². The number of aromatic nitrogens is 5. The van der Waals surface area contributed by atoms with E-state index in [4.69, 9.17) is 9.47 Å². The molecule has 0 bridgehead atoms. The van der Waals surface area contributed by atoms with Gasteiger partial charge in [-0.2, -0.15) is 9.36 Å². The molecule has 0 aliphatic heterocycles. The maximum Gasteiger partial charge on any atom is 0.368 e. The number of ether oxygens (including phenoxy) is 2. The number of nitrogens with zero attached hydrogens (tertiary/aromatic N) is 5. The van der Waals surface area contributed by atoms with Gasteiger partial charge < -0.3 is 9.47 Å². The number of halogens is 1. The van der Waals surface area contributed by atoms with Crippen LogP contribution in [-0.4, -0.2) is 31.9 Å². The predicted molar refractivity (Wildman–Crippen MR) is 112 cm³/mol. The fourth-order valence-corrected chi connectivity index (χ4v) is 3.25. The van der Waals surface area contributed by atoms with E-state index in [2.05, 4.69) is 15.4 Å². The summed E-state index contributed by atoms with van der Waals surface area (Å²) in [5.74, 6) is 0.00645. The molecule has 0 saturated heterocycles. The van der Waals surface area contributed by atoms with Crippen molar-refractivity contribution >= 4 is 0 Å². The van der Waals surface area contributed by atoms with Gasteiger partial charge in [-0.25, -0.2) is 14.2 Å². The molecule has 0 saturated carbocycles. The lowest BCUT2D eigenvalue weighted by atomic mass is 10.1. The van der Waals surface area contributed by atoms with E-state index < -0.39 is 5.82 Å². The summed E-state index contributed by atoms with van der Waals surface area (Å²) in [4.78, 5) is 16.8. The van der Waals surface area contributed by atoms with Crippen LogP contribution in [0.25, 0.3) is 16.9 Å². The van der Waals surface area contributed by atoms with Gasteiger partial charge in [0.15, 0.2) is 11.6 Å². The minimum atomic E-state index is -0.466. The minimum absolute atomic E-state index is 0.121. The maximum absolute atomic E-state index is 14.1. The maximum atomic E-state index is 14.1. The number of tetrazole rings is 1. The van der Waals surface area contributed by atoms with E-state index in [0.717, 1.165) is 15.8 Å². The van der Waals surface area contributed by atoms with Gasteiger partial charge >= 0.3 is 5.69 Å². The molecule has 0 radical (unpaired) electrons. The molecule has 0 fully saturated rings. The molecule has 0 atom stereocenters. The average Bonchev–Trinajstić information content (AvgIpc) is 3.11. The third-order valence-corrected chi connectivity index (χ3v) is 4.87. The third-order valence-electron chi connectivity index (χ3n) is 4.87. The summed E-state index contributed by atoms with van der Waals surface area (Å²) in [5, 5.41) is 7.69. The highest BCUT2D eigenvalue weighted by atomic mass is 19.1. The fourth-order valence-electron chi connectivity index (χ4n) is 3.25. The van der Waals surface area contributed by atoms with Crippen LogP contribution >= 0.6 is 0 Å². The first-order valence-corrected chi connectivity index (χ1v) is 9.50. The number of pyridine rings is 1. The molecule has 0 amide bonds. The first kappa shape index (κ1) is 20.3. The van der Waals surface area contributed by atoms with Crippen molar-refractivity contribution in [1.82, 2.24) is 24.8 Å². The van der Waals surface area contributed by atoms with Gasteiger partial charge in [-0.15, -0.1) is 0 Å². The van der Waals surface area contributed by atoms with Crippen LogP contribution in [0.15, 0.2) is 59.4 Å². The largest absolute Gasteiger partial charge is 0.493 e. The quantitative estimate of drug-likeness (QED) is 0.476. The van der Waals surface area contributed by atoms with Gasteiger partial charge in [0.2, 0.25) is 5.88 Å². The zero-order valence-electron chi connectivity index (χ0n) is 17.2. The topological polar surface area (TPSA) is 84.1 Å². The Bertz CT molecular complexity index is 1300. The standard InChI is InChI=1S/C22H20FN5O3/c1-14-7-4-11-19(28-22(29)27(2)25-26-28)16(14)13-31-20-12-6-10-18(24-20)15-8-5-9-17(23)21(15)30-3/h4-12H,13H2,1-3H3. The van der Waals surface area contributed by atoms with Crippen LogP contribution in [0.1, 0.15) is 11.1 Å². The summed E-state index contributed by atoms with van der Waals surface area (Å²) in [6, 6.07) is 15.4. The molecule has 2 aromatic heterocycles. The summed E-state index contributed by atoms with van der Waals surface area (Å²) >= 11 is 0. The molecular formula is C22H20FN5O3. The van der Waals surface area contributed by atoms with E-state index in [1.54, 1.807) is 36.4 Å². The lowest BCUT2D eigenvalue weighted by Crippen LogP contribution is -2.23. The number of rotatable bonds is 6. The molecule has 2 heterocycles. The van der Waals surface area contributed by atoms with Crippen molar-refractivity contribution in [1.29, 1.82) is 0 Å². The molecule has 4 rings (SSSR count). The second-order valence-corrected chi connectivity index (χ2v) is 6.84. The van der Waals surface area contributed by atoms with Crippen molar-refractivity contribution in [2.45, 2.75) is 13.5 Å². The van der Waals surface area contributed by atoms with Crippen LogP contribution in [0, 0.1) is 12.7 Å². The number of hydrogen-bond acceptors (Lipinski definition) is 6. The van der Waals surface area contributed by atoms with Crippen molar-refractivity contribution in [2.75, 3.05) is 7.11 Å². The van der Waals surface area contributed by atoms with Crippen molar-refractivity contribution in [3.8, 4) is 28.6 Å². The highest BCUT2D eigenvalue weighted by Gasteiger charge is 2.15. The normalized spacial score (nSPS) is 10.8. The monoisotopic (exact) mass is 421 g/mol. The molecule has 8 nitrogen and oxygen atoms in total. The van der Waals surface area contributed by atoms with Crippen molar-refractivity contribution in [2.24, 2.45) is 7.05 Å². The highest BCUT2D eigenvalue weighted by molar-refractivity contribution is 5.67. The Morgan fingerprint density at radius 3 is 2.55 bits per heavy atom. The molecule has 0 aliphatic carbocycles. The smallest absolute Gasteiger partial charge is 0.368 e. The Balaban J connectivity index is 1.65. The van der Waals surface area contributed by atoms with Crippen LogP contribution in [0.3, 0.4) is 0 Å². The molecular weight excluding hydrogens is 401 g/mol. The number of benzene rings is 2. The molecule has 0 N–H and O–H groups in total. The second-order valence-electron chi connectivity index (χ2n) is 6.84. The Morgan fingerprint density at radius 1 is 1.03 bits per heavy atom. The van der Waals surface area contributed by atoms with Crippen LogP contribution in [0.4, 0.5) is 4.39 Å². The molecule has 158 valence electrons. The van der Waals surface area contributed by atoms with E-state index in [0.29, 0.717) is 22.8 Å². The molecule has 31 heavy (non-hydrogen) atoms. The zero-order chi connectivity index (χ0) is 22.0. The Morgan fingerprint density at radius 2 is 1.81 bits per heavy atom. The fraction of sp³-hybridized carbons (Fsp3) is 0.182. The summed E-state index contributed by atoms with van der Waals surface area (Å²) in [5.41, 5.74) is 2.98. The van der Waals surface area contributed by atoms with Crippen LogP contribution < -0.4 is 15.2 Å². The minimum Gasteiger partial charge on any atom is -0.493 e. The Hall–Kier alpha value is -4.01. The second kappa shape index (κ2) is 8.39. The first-order valence-electron chi connectivity index (χ1n) is 9.50. The van der Waals surface area contributed by atoms with Gasteiger partial charge in [0.25, 0.3) is 0 Å². The zero-order valence-corrected chi connectivity index (χ0v) is 17.2.